The van der Waals surface area contributed by atoms with Crippen LogP contribution in [0.4, 0.5) is 15.1 Å². The van der Waals surface area contributed by atoms with Crippen molar-refractivity contribution < 1.29 is 4.39 Å². The van der Waals surface area contributed by atoms with Crippen molar-refractivity contribution in [1.82, 2.24) is 15.1 Å². The highest BCUT2D eigenvalue weighted by atomic mass is 32.1. The van der Waals surface area contributed by atoms with Gasteiger partial charge in [-0.2, -0.15) is 0 Å². The average molecular weight is 476 g/mol. The minimum Gasteiger partial charge on any atom is -0.399 e. The number of nitrogens with one attached hydrogen (secondary N) is 1. The monoisotopic (exact) mass is 475 g/mol. The molecule has 3 N–H and O–H groups in total. The second-order valence-corrected chi connectivity index (χ2v) is 9.31. The molecule has 1 saturated heterocycles. The number of hydrogen-bond donors (Lipinski definition) is 2. The molecule has 34 heavy (non-hydrogen) atoms. The Balaban J connectivity index is 1.25. The number of nitrogens with zero attached hydrogens (tertiary/aromatic N) is 3. The third-order valence-corrected chi connectivity index (χ3v) is 6.89. The number of anilines is 1. The Morgan fingerprint density at radius 1 is 1.09 bits per heavy atom. The number of piperazine rings is 1. The van der Waals surface area contributed by atoms with Crippen molar-refractivity contribution in [2.24, 2.45) is 4.99 Å². The number of nitrogen functional groups attached to an aromatic ring is 1. The summed E-state index contributed by atoms with van der Waals surface area (Å²) in [5.41, 5.74) is 9.97. The fourth-order valence-corrected chi connectivity index (χ4v) is 4.70. The van der Waals surface area contributed by atoms with Gasteiger partial charge in [0, 0.05) is 55.2 Å². The molecule has 1 aliphatic heterocycles. The van der Waals surface area contributed by atoms with Gasteiger partial charge in [-0.25, -0.2) is 9.38 Å². The molecule has 0 aliphatic carbocycles. The lowest BCUT2D eigenvalue weighted by molar-refractivity contribution is 0.184. The van der Waals surface area contributed by atoms with Crippen molar-refractivity contribution in [1.29, 1.82) is 0 Å². The molecule has 0 unspecified atom stereocenters. The number of benzene rings is 2. The molecular weight excluding hydrogens is 445 g/mol. The van der Waals surface area contributed by atoms with Crippen LogP contribution in [0.2, 0.25) is 0 Å². The second kappa shape index (κ2) is 11.0. The molecule has 3 aromatic rings. The quantitative estimate of drug-likeness (QED) is 0.328. The Labute approximate surface area is 204 Å². The third kappa shape index (κ3) is 6.26. The highest BCUT2D eigenvalue weighted by Gasteiger charge is 2.17. The molecule has 5 nitrogen and oxygen atoms in total. The van der Waals surface area contributed by atoms with Crippen LogP contribution in [0.3, 0.4) is 0 Å². The lowest BCUT2D eigenvalue weighted by atomic mass is 10.2. The van der Waals surface area contributed by atoms with E-state index in [9.17, 15) is 4.39 Å². The topological polar surface area (TPSA) is 56.9 Å². The first kappa shape index (κ1) is 23.6. The summed E-state index contributed by atoms with van der Waals surface area (Å²) in [5, 5.41) is 4.34. The molecule has 0 radical (unpaired) electrons. The van der Waals surface area contributed by atoms with Crippen molar-refractivity contribution >= 4 is 28.2 Å². The molecular formula is C27H30FN5S. The van der Waals surface area contributed by atoms with Gasteiger partial charge in [0.05, 0.1) is 5.82 Å². The first-order valence-corrected chi connectivity index (χ1v) is 12.1. The third-order valence-electron chi connectivity index (χ3n) is 5.85. The molecule has 0 amide bonds. The van der Waals surface area contributed by atoms with Gasteiger partial charge < -0.3 is 20.9 Å². The number of thiophene rings is 1. The molecule has 0 atom stereocenters. The smallest absolute Gasteiger partial charge is 0.123 e. The van der Waals surface area contributed by atoms with Gasteiger partial charge in [-0.1, -0.05) is 30.8 Å². The fraction of sp³-hybridized carbons (Fsp3) is 0.222. The lowest BCUT2D eigenvalue weighted by Crippen LogP contribution is -2.46. The summed E-state index contributed by atoms with van der Waals surface area (Å²) in [6.45, 7) is 10.7. The maximum Gasteiger partial charge on any atom is 0.123 e. The zero-order valence-electron chi connectivity index (χ0n) is 19.4. The van der Waals surface area contributed by atoms with Gasteiger partial charge in [0.2, 0.25) is 0 Å². The molecule has 0 spiro atoms. The SMILES string of the molecule is C=C(NCc1cccc(N)c1)N1CCN(/C(C)=C/C=Nc2ccc(-c3ccc(F)cc3)s2)CC1. The van der Waals surface area contributed by atoms with Crippen LogP contribution in [0, 0.1) is 5.82 Å². The summed E-state index contributed by atoms with van der Waals surface area (Å²) in [4.78, 5) is 10.3. The number of rotatable bonds is 8. The normalized spacial score (nSPS) is 14.6. The van der Waals surface area contributed by atoms with E-state index >= 15 is 0 Å². The Morgan fingerprint density at radius 3 is 2.56 bits per heavy atom. The van der Waals surface area contributed by atoms with Crippen molar-refractivity contribution in [3.05, 3.63) is 96.2 Å². The maximum atomic E-state index is 13.1. The van der Waals surface area contributed by atoms with E-state index in [1.165, 1.54) is 17.8 Å². The van der Waals surface area contributed by atoms with Gasteiger partial charge in [-0.05, 0) is 60.5 Å². The number of halogens is 1. The Bertz CT molecular complexity index is 1170. The number of aliphatic imine (C=N–C) groups is 1. The molecule has 0 saturated carbocycles. The standard InChI is InChI=1S/C27H30FN5S/c1-20(12-13-30-27-11-10-26(34-27)23-6-8-24(28)9-7-23)32-14-16-33(17-15-32)21(2)31-19-22-4-3-5-25(29)18-22/h3-13,18,31H,2,14-17,19,29H2,1H3/b20-12+,30-13?. The minimum absolute atomic E-state index is 0.224. The van der Waals surface area contributed by atoms with Crippen LogP contribution >= 0.6 is 11.3 Å². The van der Waals surface area contributed by atoms with Crippen LogP contribution in [0.5, 0.6) is 0 Å². The summed E-state index contributed by atoms with van der Waals surface area (Å²) >= 11 is 1.59. The van der Waals surface area contributed by atoms with Crippen molar-refractivity contribution in [2.75, 3.05) is 31.9 Å². The molecule has 2 heterocycles. The number of nitrogens with two attached hydrogens (primary N) is 1. The van der Waals surface area contributed by atoms with Gasteiger partial charge in [0.25, 0.3) is 0 Å². The van der Waals surface area contributed by atoms with Crippen LogP contribution in [0.15, 0.2) is 89.8 Å². The van der Waals surface area contributed by atoms with Gasteiger partial charge in [0.1, 0.15) is 10.8 Å². The molecule has 1 aromatic heterocycles. The van der Waals surface area contributed by atoms with Crippen LogP contribution in [-0.4, -0.2) is 42.2 Å². The van der Waals surface area contributed by atoms with Crippen molar-refractivity contribution in [3.8, 4) is 10.4 Å². The van der Waals surface area contributed by atoms with E-state index in [4.69, 9.17) is 5.73 Å². The lowest BCUT2D eigenvalue weighted by Gasteiger charge is -2.38. The van der Waals surface area contributed by atoms with Crippen molar-refractivity contribution in [3.63, 3.8) is 0 Å². The molecule has 1 aliphatic rings. The van der Waals surface area contributed by atoms with Crippen LogP contribution < -0.4 is 11.1 Å². The van der Waals surface area contributed by atoms with Gasteiger partial charge in [-0.3, -0.25) is 0 Å². The van der Waals surface area contributed by atoms with Crippen LogP contribution in [0.25, 0.3) is 10.4 Å². The second-order valence-electron chi connectivity index (χ2n) is 8.25. The van der Waals surface area contributed by atoms with E-state index in [1.54, 1.807) is 23.5 Å². The summed E-state index contributed by atoms with van der Waals surface area (Å²) in [5.74, 6) is 0.721. The van der Waals surface area contributed by atoms with E-state index in [-0.39, 0.29) is 5.82 Å². The fourth-order valence-electron chi connectivity index (χ4n) is 3.84. The molecule has 7 heteroatoms. The molecule has 176 valence electrons. The molecule has 2 aromatic carbocycles. The van der Waals surface area contributed by atoms with Crippen molar-refractivity contribution in [2.45, 2.75) is 13.5 Å². The Morgan fingerprint density at radius 2 is 1.82 bits per heavy atom. The predicted molar refractivity (Wildman–Crippen MR) is 142 cm³/mol. The maximum absolute atomic E-state index is 13.1. The largest absolute Gasteiger partial charge is 0.399 e. The highest BCUT2D eigenvalue weighted by Crippen LogP contribution is 2.33. The average Bonchev–Trinajstić information content (AvgIpc) is 3.32. The zero-order valence-corrected chi connectivity index (χ0v) is 20.2. The zero-order chi connectivity index (χ0) is 23.9. The number of hydrogen-bond acceptors (Lipinski definition) is 6. The summed E-state index contributed by atoms with van der Waals surface area (Å²) in [6, 6.07) is 18.5. The van der Waals surface area contributed by atoms with E-state index in [0.29, 0.717) is 6.54 Å². The van der Waals surface area contributed by atoms with E-state index < -0.39 is 0 Å². The first-order valence-electron chi connectivity index (χ1n) is 11.3. The van der Waals surface area contributed by atoms with Crippen LogP contribution in [0.1, 0.15) is 12.5 Å². The van der Waals surface area contributed by atoms with E-state index in [1.807, 2.05) is 36.5 Å². The first-order chi connectivity index (χ1) is 16.5. The number of allylic oxidation sites excluding steroid dienone is 2. The van der Waals surface area contributed by atoms with Gasteiger partial charge in [0.15, 0.2) is 0 Å². The van der Waals surface area contributed by atoms with Gasteiger partial charge in [-0.15, -0.1) is 11.3 Å². The summed E-state index contributed by atoms with van der Waals surface area (Å²) < 4.78 is 13.1. The van der Waals surface area contributed by atoms with E-state index in [0.717, 1.165) is 58.7 Å². The summed E-state index contributed by atoms with van der Waals surface area (Å²) in [6.07, 6.45) is 3.91. The van der Waals surface area contributed by atoms with E-state index in [2.05, 4.69) is 45.8 Å². The molecule has 1 fully saturated rings. The molecule has 4 rings (SSSR count). The highest BCUT2D eigenvalue weighted by molar-refractivity contribution is 7.19. The summed E-state index contributed by atoms with van der Waals surface area (Å²) in [7, 11) is 0. The Hall–Kier alpha value is -3.58. The van der Waals surface area contributed by atoms with Crippen LogP contribution in [-0.2, 0) is 6.54 Å². The van der Waals surface area contributed by atoms with Gasteiger partial charge >= 0.3 is 0 Å². The molecule has 0 bridgehead atoms. The minimum atomic E-state index is -0.224. The Kier molecular flexibility index (Phi) is 7.65. The predicted octanol–water partition coefficient (Wildman–Crippen LogP) is 5.62.